The summed E-state index contributed by atoms with van der Waals surface area (Å²) in [6, 6.07) is 23.8. The number of benzene rings is 3. The van der Waals surface area contributed by atoms with Gasteiger partial charge in [0.2, 0.25) is 5.88 Å². The van der Waals surface area contributed by atoms with Gasteiger partial charge in [-0.25, -0.2) is 4.68 Å². The minimum Gasteiger partial charge on any atom is -0.492 e. The molecule has 0 aliphatic rings. The zero-order valence-electron chi connectivity index (χ0n) is 14.3. The largest absolute Gasteiger partial charge is 0.492 e. The van der Waals surface area contributed by atoms with Gasteiger partial charge < -0.3 is 9.84 Å². The number of aromatic hydroxyl groups is 1. The predicted molar refractivity (Wildman–Crippen MR) is 107 cm³/mol. The van der Waals surface area contributed by atoms with Crippen molar-refractivity contribution in [2.45, 2.75) is 0 Å². The van der Waals surface area contributed by atoms with Crippen LogP contribution in [0.1, 0.15) is 0 Å². The second kappa shape index (κ2) is 8.72. The third kappa shape index (κ3) is 4.34. The minimum absolute atomic E-state index is 0. The van der Waals surface area contributed by atoms with Gasteiger partial charge >= 0.3 is 0 Å². The van der Waals surface area contributed by atoms with Crippen LogP contribution < -0.4 is 4.74 Å². The van der Waals surface area contributed by atoms with E-state index < -0.39 is 0 Å². The van der Waals surface area contributed by atoms with Crippen molar-refractivity contribution in [3.05, 3.63) is 88.9 Å². The molecule has 0 saturated heterocycles. The fourth-order valence-electron chi connectivity index (χ4n) is 2.73. The number of hydrogen-bond acceptors (Lipinski definition) is 3. The van der Waals surface area contributed by atoms with Crippen LogP contribution in [0.3, 0.4) is 0 Å². The maximum absolute atomic E-state index is 9.93. The fraction of sp³-hybridized carbons (Fsp3) is 0. The van der Waals surface area contributed by atoms with Crippen LogP contribution >= 0.6 is 23.2 Å². The van der Waals surface area contributed by atoms with Gasteiger partial charge in [-0.15, -0.1) is 5.10 Å². The Bertz CT molecular complexity index is 1080. The maximum Gasteiger partial charge on any atom is 0.231 e. The van der Waals surface area contributed by atoms with Crippen LogP contribution in [-0.4, -0.2) is 14.9 Å². The molecule has 0 saturated carbocycles. The minimum atomic E-state index is -0.0966. The van der Waals surface area contributed by atoms with Crippen LogP contribution in [0.15, 0.2) is 78.9 Å². The van der Waals surface area contributed by atoms with E-state index in [9.17, 15) is 5.11 Å². The number of hydrogen-bond donors (Lipinski definition) is 1. The van der Waals surface area contributed by atoms with Gasteiger partial charge in [0.05, 0.1) is 16.4 Å². The van der Waals surface area contributed by atoms with Crippen molar-refractivity contribution in [1.29, 1.82) is 0 Å². The van der Waals surface area contributed by atoms with Crippen LogP contribution in [-0.2, 0) is 17.1 Å². The number of aromatic nitrogens is 2. The van der Waals surface area contributed by atoms with Crippen molar-refractivity contribution in [2.75, 3.05) is 0 Å². The van der Waals surface area contributed by atoms with E-state index in [4.69, 9.17) is 27.9 Å². The van der Waals surface area contributed by atoms with Crippen molar-refractivity contribution in [3.63, 3.8) is 0 Å². The van der Waals surface area contributed by atoms with Crippen molar-refractivity contribution < 1.29 is 26.9 Å². The molecule has 4 aromatic rings. The first kappa shape index (κ1) is 20.3. The summed E-state index contributed by atoms with van der Waals surface area (Å²) < 4.78 is 7.40. The van der Waals surface area contributed by atoms with E-state index in [1.54, 1.807) is 28.9 Å². The fourth-order valence-corrected chi connectivity index (χ4v) is 3.22. The predicted octanol–water partition coefficient (Wildman–Crippen LogP) is 6.34. The Morgan fingerprint density at radius 3 is 2.18 bits per heavy atom. The molecular formula is C21H14Cl2CuN2O2. The van der Waals surface area contributed by atoms with Crippen LogP contribution in [0.4, 0.5) is 0 Å². The van der Waals surface area contributed by atoms with E-state index in [1.165, 1.54) is 0 Å². The normalized spacial score (nSPS) is 10.4. The third-order valence-electron chi connectivity index (χ3n) is 3.96. The Hall–Kier alpha value is -2.43. The molecule has 0 fully saturated rings. The first-order valence-electron chi connectivity index (χ1n) is 8.18. The summed E-state index contributed by atoms with van der Waals surface area (Å²) in [5, 5.41) is 15.0. The second-order valence-electron chi connectivity index (χ2n) is 5.83. The Labute approximate surface area is 182 Å². The molecular weight excluding hydrogens is 447 g/mol. The molecule has 0 bridgehead atoms. The first-order chi connectivity index (χ1) is 13.1. The van der Waals surface area contributed by atoms with Gasteiger partial charge in [0.1, 0.15) is 11.5 Å². The van der Waals surface area contributed by atoms with E-state index in [0.29, 0.717) is 27.2 Å². The van der Waals surface area contributed by atoms with Gasteiger partial charge in [-0.1, -0.05) is 41.4 Å². The van der Waals surface area contributed by atoms with Crippen molar-refractivity contribution in [2.24, 2.45) is 0 Å². The zero-order valence-corrected chi connectivity index (χ0v) is 16.8. The van der Waals surface area contributed by atoms with Crippen LogP contribution in [0.25, 0.3) is 16.9 Å². The maximum atomic E-state index is 9.93. The summed E-state index contributed by atoms with van der Waals surface area (Å²) >= 11 is 12.3. The average molecular weight is 461 g/mol. The molecule has 7 heteroatoms. The van der Waals surface area contributed by atoms with Crippen molar-refractivity contribution >= 4 is 23.2 Å². The third-order valence-corrected chi connectivity index (χ3v) is 4.50. The molecule has 0 spiro atoms. The van der Waals surface area contributed by atoms with Crippen molar-refractivity contribution in [3.8, 4) is 34.3 Å². The van der Waals surface area contributed by atoms with E-state index in [1.807, 2.05) is 54.6 Å². The summed E-state index contributed by atoms with van der Waals surface area (Å²) in [6.45, 7) is 0. The average Bonchev–Trinajstić information content (AvgIpc) is 3.05. The van der Waals surface area contributed by atoms with Crippen LogP contribution in [0.2, 0.25) is 10.0 Å². The molecule has 145 valence electrons. The quantitative estimate of drug-likeness (QED) is 0.361. The SMILES string of the molecule is Oc1cc(-c2ccc(Oc3ccccc3)cc2)n(-c2ccc(Cl)cc2Cl)n1.[Cu]. The van der Waals surface area contributed by atoms with Crippen LogP contribution in [0, 0.1) is 0 Å². The Kier molecular flexibility index (Phi) is 6.32. The second-order valence-corrected chi connectivity index (χ2v) is 6.68. The number of nitrogens with zero attached hydrogens (tertiary/aromatic N) is 2. The molecule has 3 aromatic carbocycles. The zero-order chi connectivity index (χ0) is 18.8. The molecule has 0 amide bonds. The molecule has 1 radical (unpaired) electrons. The van der Waals surface area contributed by atoms with E-state index >= 15 is 0 Å². The van der Waals surface area contributed by atoms with Crippen molar-refractivity contribution in [1.82, 2.24) is 9.78 Å². The molecule has 0 aliphatic carbocycles. The molecule has 0 atom stereocenters. The number of rotatable bonds is 4. The molecule has 4 nitrogen and oxygen atoms in total. The van der Waals surface area contributed by atoms with Gasteiger partial charge in [-0.05, 0) is 54.6 Å². The number of ether oxygens (including phenoxy) is 1. The molecule has 0 unspecified atom stereocenters. The Morgan fingerprint density at radius 2 is 1.50 bits per heavy atom. The standard InChI is InChI=1S/C21H14Cl2N2O2.Cu/c22-15-8-11-19(18(23)12-15)25-20(13-21(26)24-25)14-6-9-17(10-7-14)27-16-4-2-1-3-5-16;/h1-13H,(H,24,26);. The van der Waals surface area contributed by atoms with E-state index in [-0.39, 0.29) is 22.9 Å². The smallest absolute Gasteiger partial charge is 0.231 e. The van der Waals surface area contributed by atoms with Gasteiger partial charge in [0.25, 0.3) is 0 Å². The topological polar surface area (TPSA) is 47.3 Å². The monoisotopic (exact) mass is 459 g/mol. The van der Waals surface area contributed by atoms with Gasteiger partial charge in [0, 0.05) is 33.7 Å². The molecule has 0 aliphatic heterocycles. The molecule has 1 heterocycles. The summed E-state index contributed by atoms with van der Waals surface area (Å²) in [5.74, 6) is 1.38. The first-order valence-corrected chi connectivity index (χ1v) is 8.93. The number of halogens is 2. The summed E-state index contributed by atoms with van der Waals surface area (Å²) in [6.07, 6.45) is 0. The van der Waals surface area contributed by atoms with Crippen LogP contribution in [0.5, 0.6) is 17.4 Å². The summed E-state index contributed by atoms with van der Waals surface area (Å²) in [7, 11) is 0. The molecule has 4 rings (SSSR count). The van der Waals surface area contributed by atoms with E-state index in [2.05, 4.69) is 5.10 Å². The Morgan fingerprint density at radius 1 is 0.821 bits per heavy atom. The summed E-state index contributed by atoms with van der Waals surface area (Å²) in [4.78, 5) is 0. The van der Waals surface area contributed by atoms with E-state index in [0.717, 1.165) is 11.3 Å². The molecule has 1 N–H and O–H groups in total. The molecule has 28 heavy (non-hydrogen) atoms. The summed E-state index contributed by atoms with van der Waals surface area (Å²) in [5.41, 5.74) is 2.18. The number of para-hydroxylation sites is 1. The van der Waals surface area contributed by atoms with Gasteiger partial charge in [-0.2, -0.15) is 0 Å². The molecule has 1 aromatic heterocycles. The Balaban J connectivity index is 0.00000225. The van der Waals surface area contributed by atoms with Gasteiger partial charge in [0.15, 0.2) is 0 Å². The van der Waals surface area contributed by atoms with Gasteiger partial charge in [-0.3, -0.25) is 0 Å².